The minimum absolute atomic E-state index is 0.0399. The number of sulfonamides is 1. The van der Waals surface area contributed by atoms with Crippen LogP contribution in [0.3, 0.4) is 0 Å². The first-order chi connectivity index (χ1) is 14.3. The highest BCUT2D eigenvalue weighted by Gasteiger charge is 2.35. The minimum atomic E-state index is -3.78. The Kier molecular flexibility index (Phi) is 6.02. The van der Waals surface area contributed by atoms with Crippen molar-refractivity contribution < 1.29 is 22.7 Å². The van der Waals surface area contributed by atoms with Crippen molar-refractivity contribution in [2.75, 3.05) is 18.4 Å². The van der Waals surface area contributed by atoms with Crippen molar-refractivity contribution in [3.8, 4) is 5.75 Å². The number of nitrogens with zero attached hydrogens (tertiary/aromatic N) is 1. The van der Waals surface area contributed by atoms with Crippen LogP contribution in [0.15, 0.2) is 23.1 Å². The van der Waals surface area contributed by atoms with Crippen LogP contribution in [0.2, 0.25) is 0 Å². The lowest BCUT2D eigenvalue weighted by molar-refractivity contribution is -0.127. The third-order valence-electron chi connectivity index (χ3n) is 6.23. The average Bonchev–Trinajstić information content (AvgIpc) is 2.75. The first-order valence-electron chi connectivity index (χ1n) is 10.8. The van der Waals surface area contributed by atoms with Crippen LogP contribution in [0.4, 0.5) is 5.69 Å². The fourth-order valence-corrected chi connectivity index (χ4v) is 5.99. The Balaban J connectivity index is 1.46. The lowest BCUT2D eigenvalue weighted by Gasteiger charge is -2.33. The quantitative estimate of drug-likeness (QED) is 0.755. The molecule has 0 aromatic heterocycles. The average molecular weight is 436 g/mol. The van der Waals surface area contributed by atoms with Crippen molar-refractivity contribution in [1.82, 2.24) is 9.62 Å². The molecule has 0 spiro atoms. The van der Waals surface area contributed by atoms with E-state index in [2.05, 4.69) is 10.6 Å². The van der Waals surface area contributed by atoms with E-state index in [1.165, 1.54) is 22.9 Å². The lowest BCUT2D eigenvalue weighted by atomic mass is 9.93. The molecule has 0 unspecified atom stereocenters. The Morgan fingerprint density at radius 2 is 1.93 bits per heavy atom. The zero-order valence-electron chi connectivity index (χ0n) is 17.2. The maximum absolute atomic E-state index is 13.2. The van der Waals surface area contributed by atoms with Crippen LogP contribution in [0.5, 0.6) is 5.75 Å². The molecule has 1 aliphatic carbocycles. The molecule has 2 aliphatic heterocycles. The van der Waals surface area contributed by atoms with Crippen molar-refractivity contribution in [2.24, 2.45) is 5.92 Å². The highest BCUT2D eigenvalue weighted by atomic mass is 32.2. The van der Waals surface area contributed by atoms with Crippen LogP contribution in [0, 0.1) is 5.92 Å². The molecule has 1 saturated heterocycles. The molecule has 1 aromatic carbocycles. The van der Waals surface area contributed by atoms with E-state index in [0.29, 0.717) is 30.8 Å². The minimum Gasteiger partial charge on any atom is -0.479 e. The maximum Gasteiger partial charge on any atom is 0.265 e. The third kappa shape index (κ3) is 4.32. The molecule has 2 fully saturated rings. The van der Waals surface area contributed by atoms with Gasteiger partial charge >= 0.3 is 0 Å². The zero-order valence-corrected chi connectivity index (χ0v) is 18.0. The van der Waals surface area contributed by atoms with E-state index in [0.717, 1.165) is 25.7 Å². The molecule has 2 heterocycles. The topological polar surface area (TPSA) is 105 Å². The second kappa shape index (κ2) is 8.55. The van der Waals surface area contributed by atoms with Crippen LogP contribution in [-0.2, 0) is 19.6 Å². The summed E-state index contributed by atoms with van der Waals surface area (Å²) in [4.78, 5) is 24.7. The van der Waals surface area contributed by atoms with E-state index >= 15 is 0 Å². The van der Waals surface area contributed by atoms with Gasteiger partial charge in [-0.3, -0.25) is 9.59 Å². The van der Waals surface area contributed by atoms with Crippen molar-refractivity contribution in [1.29, 1.82) is 0 Å². The Morgan fingerprint density at radius 3 is 2.70 bits per heavy atom. The van der Waals surface area contributed by atoms with Gasteiger partial charge in [0.25, 0.3) is 5.91 Å². The molecule has 2 atom stereocenters. The summed E-state index contributed by atoms with van der Waals surface area (Å²) >= 11 is 0. The summed E-state index contributed by atoms with van der Waals surface area (Å²) in [5.74, 6) is -0.238. The molecule has 1 saturated carbocycles. The Morgan fingerprint density at radius 1 is 1.17 bits per heavy atom. The Hall–Kier alpha value is -2.13. The van der Waals surface area contributed by atoms with Crippen LogP contribution >= 0.6 is 0 Å². The number of benzene rings is 1. The van der Waals surface area contributed by atoms with Gasteiger partial charge in [0, 0.05) is 19.1 Å². The molecule has 4 rings (SSSR count). The molecular formula is C21H29N3O5S. The van der Waals surface area contributed by atoms with Crippen LogP contribution in [0.25, 0.3) is 0 Å². The van der Waals surface area contributed by atoms with Gasteiger partial charge in [-0.1, -0.05) is 19.3 Å². The van der Waals surface area contributed by atoms with Gasteiger partial charge in [0.15, 0.2) is 6.10 Å². The SMILES string of the molecule is C[C@H]1Oc2ccc(S(=O)(=O)N3CCC[C@H](C(=O)NC4CCCCC4)C3)cc2NC1=O. The van der Waals surface area contributed by atoms with Gasteiger partial charge in [-0.15, -0.1) is 0 Å². The highest BCUT2D eigenvalue weighted by Crippen LogP contribution is 2.33. The normalized spacial score (nSPS) is 25.7. The summed E-state index contributed by atoms with van der Waals surface area (Å²) in [6.45, 7) is 2.19. The molecule has 9 heteroatoms. The number of carbonyl (C=O) groups is 2. The fourth-order valence-electron chi connectivity index (χ4n) is 4.44. The molecule has 164 valence electrons. The molecule has 2 N–H and O–H groups in total. The number of anilines is 1. The Bertz CT molecular complexity index is 927. The van der Waals surface area contributed by atoms with Gasteiger partial charge in [-0.05, 0) is 50.8 Å². The number of piperidine rings is 1. The molecule has 0 bridgehead atoms. The van der Waals surface area contributed by atoms with Crippen LogP contribution in [0.1, 0.15) is 51.9 Å². The van der Waals surface area contributed by atoms with Crippen LogP contribution < -0.4 is 15.4 Å². The summed E-state index contributed by atoms with van der Waals surface area (Å²) in [5.41, 5.74) is 0.350. The number of fused-ring (bicyclic) bond motifs is 1. The second-order valence-electron chi connectivity index (χ2n) is 8.45. The van der Waals surface area contributed by atoms with Gasteiger partial charge < -0.3 is 15.4 Å². The van der Waals surface area contributed by atoms with Crippen LogP contribution in [-0.4, -0.2) is 49.8 Å². The molecule has 0 radical (unpaired) electrons. The predicted molar refractivity (Wildman–Crippen MR) is 112 cm³/mol. The molecule has 30 heavy (non-hydrogen) atoms. The number of amides is 2. The fraction of sp³-hybridized carbons (Fsp3) is 0.619. The van der Waals surface area contributed by atoms with Gasteiger partial charge in [0.2, 0.25) is 15.9 Å². The van der Waals surface area contributed by atoms with E-state index < -0.39 is 16.1 Å². The summed E-state index contributed by atoms with van der Waals surface area (Å²) in [6.07, 6.45) is 6.20. The summed E-state index contributed by atoms with van der Waals surface area (Å²) < 4.78 is 33.3. The van der Waals surface area contributed by atoms with Gasteiger partial charge in [0.1, 0.15) is 5.75 Å². The summed E-state index contributed by atoms with van der Waals surface area (Å²) in [7, 11) is -3.78. The zero-order chi connectivity index (χ0) is 21.3. The number of hydrogen-bond donors (Lipinski definition) is 2. The number of ether oxygens (including phenoxy) is 1. The van der Waals surface area contributed by atoms with Gasteiger partial charge in [0.05, 0.1) is 16.5 Å². The van der Waals surface area contributed by atoms with E-state index in [4.69, 9.17) is 4.74 Å². The van der Waals surface area contributed by atoms with Crippen molar-refractivity contribution >= 4 is 27.5 Å². The first kappa shape index (κ1) is 21.1. The van der Waals surface area contributed by atoms with Gasteiger partial charge in [-0.25, -0.2) is 8.42 Å². The molecule has 1 aromatic rings. The summed E-state index contributed by atoms with van der Waals surface area (Å²) in [6, 6.07) is 4.70. The van der Waals surface area contributed by atoms with E-state index in [9.17, 15) is 18.0 Å². The molecular weight excluding hydrogens is 406 g/mol. The predicted octanol–water partition coefficient (Wildman–Crippen LogP) is 2.26. The monoisotopic (exact) mass is 435 g/mol. The van der Waals surface area contributed by atoms with Gasteiger partial charge in [-0.2, -0.15) is 4.31 Å². The smallest absolute Gasteiger partial charge is 0.265 e. The highest BCUT2D eigenvalue weighted by molar-refractivity contribution is 7.89. The van der Waals surface area contributed by atoms with Crippen molar-refractivity contribution in [2.45, 2.75) is 68.9 Å². The molecule has 3 aliphatic rings. The second-order valence-corrected chi connectivity index (χ2v) is 10.4. The largest absolute Gasteiger partial charge is 0.479 e. The van der Waals surface area contributed by atoms with E-state index in [-0.39, 0.29) is 35.2 Å². The van der Waals surface area contributed by atoms with E-state index in [1.54, 1.807) is 13.0 Å². The number of carbonyl (C=O) groups excluding carboxylic acids is 2. The maximum atomic E-state index is 13.2. The van der Waals surface area contributed by atoms with Crippen molar-refractivity contribution in [3.05, 3.63) is 18.2 Å². The molecule has 2 amide bonds. The summed E-state index contributed by atoms with van der Waals surface area (Å²) in [5, 5.41) is 5.81. The first-order valence-corrected chi connectivity index (χ1v) is 12.2. The Labute approximate surface area is 177 Å². The standard InChI is InChI=1S/C21H29N3O5S/c1-14-20(25)23-18-12-17(9-10-19(18)29-14)30(27,28)24-11-5-6-15(13-24)21(26)22-16-7-3-2-4-8-16/h9-10,12,14-16H,2-8,11,13H2,1H3,(H,22,26)(H,23,25)/t14-,15+/m1/s1. The lowest BCUT2D eigenvalue weighted by Crippen LogP contribution is -2.47. The number of nitrogens with one attached hydrogen (secondary N) is 2. The number of rotatable bonds is 4. The van der Waals surface area contributed by atoms with Crippen molar-refractivity contribution in [3.63, 3.8) is 0 Å². The van der Waals surface area contributed by atoms with E-state index in [1.807, 2.05) is 0 Å². The number of hydrogen-bond acceptors (Lipinski definition) is 5. The molecule has 8 nitrogen and oxygen atoms in total. The third-order valence-corrected chi connectivity index (χ3v) is 8.09.